The van der Waals surface area contributed by atoms with Crippen molar-refractivity contribution in [1.82, 2.24) is 19.8 Å². The number of fused-ring (bicyclic) bond motifs is 1. The minimum atomic E-state index is -4.83. The minimum Gasteiger partial charge on any atom is -0.463 e. The van der Waals surface area contributed by atoms with E-state index in [1.54, 1.807) is 4.90 Å². The van der Waals surface area contributed by atoms with E-state index in [0.29, 0.717) is 50.7 Å². The van der Waals surface area contributed by atoms with Crippen LogP contribution in [0.2, 0.25) is 0 Å². The van der Waals surface area contributed by atoms with Crippen LogP contribution in [0.15, 0.2) is 30.9 Å². The van der Waals surface area contributed by atoms with Crippen LogP contribution in [0, 0.1) is 11.2 Å². The van der Waals surface area contributed by atoms with Crippen molar-refractivity contribution in [3.05, 3.63) is 53.5 Å². The molecule has 42 heavy (non-hydrogen) atoms. The molecule has 1 aromatic carbocycles. The Hall–Kier alpha value is -3.41. The number of hydrogen-bond donors (Lipinski definition) is 0. The third kappa shape index (κ3) is 5.91. The monoisotopic (exact) mass is 588 g/mol. The van der Waals surface area contributed by atoms with E-state index in [4.69, 9.17) is 14.7 Å². The molecular formula is C30H36F4N6O2. The van der Waals surface area contributed by atoms with E-state index in [1.165, 1.54) is 36.0 Å². The first-order chi connectivity index (χ1) is 20.2. The molecule has 226 valence electrons. The molecule has 0 unspecified atom stereocenters. The summed E-state index contributed by atoms with van der Waals surface area (Å²) in [5.74, 6) is -0.722. The summed E-state index contributed by atoms with van der Waals surface area (Å²) in [5.41, 5.74) is 0.0444. The summed E-state index contributed by atoms with van der Waals surface area (Å²) in [7, 11) is 0. The number of nitrogens with zero attached hydrogens (tertiary/aromatic N) is 6. The molecule has 0 atom stereocenters. The molecule has 1 amide bonds. The summed E-state index contributed by atoms with van der Waals surface area (Å²) in [4.78, 5) is 29.5. The Morgan fingerprint density at radius 1 is 1.02 bits per heavy atom. The number of anilines is 2. The number of hydrogen-bond acceptors (Lipinski definition) is 7. The number of halogens is 4. The van der Waals surface area contributed by atoms with E-state index < -0.39 is 17.6 Å². The zero-order chi connectivity index (χ0) is 29.5. The molecule has 6 rings (SSSR count). The number of carbonyl (C=O) groups is 1. The standard InChI is InChI=1S/C30H36F4N6O2/c1-2-25(41)38-14-16-39(17-15-38)27-21-8-13-40(24-7-5-6-22(31)26(24)30(32,33)34)18-23(21)35-28(36-27)42-20-29(9-10-29)19-37-11-3-4-12-37/h2,5-7H,1,3-4,8-20H2. The quantitative estimate of drug-likeness (QED) is 0.337. The van der Waals surface area contributed by atoms with Gasteiger partial charge in [0.25, 0.3) is 0 Å². The second-order valence-electron chi connectivity index (χ2n) is 11.8. The highest BCUT2D eigenvalue weighted by molar-refractivity contribution is 5.87. The number of likely N-dealkylation sites (tertiary alicyclic amines) is 1. The number of rotatable bonds is 8. The highest BCUT2D eigenvalue weighted by Crippen LogP contribution is 2.47. The first-order valence-electron chi connectivity index (χ1n) is 14.7. The van der Waals surface area contributed by atoms with E-state index in [1.807, 2.05) is 0 Å². The topological polar surface area (TPSA) is 65.0 Å². The van der Waals surface area contributed by atoms with Crippen LogP contribution in [-0.2, 0) is 23.9 Å². The smallest absolute Gasteiger partial charge is 0.421 e. The average Bonchev–Trinajstić information content (AvgIpc) is 3.55. The van der Waals surface area contributed by atoms with Crippen LogP contribution in [0.25, 0.3) is 0 Å². The summed E-state index contributed by atoms with van der Waals surface area (Å²) >= 11 is 0. The van der Waals surface area contributed by atoms with Crippen LogP contribution in [0.4, 0.5) is 29.1 Å². The lowest BCUT2D eigenvalue weighted by Gasteiger charge is -2.38. The second kappa shape index (κ2) is 11.3. The maximum Gasteiger partial charge on any atom is 0.421 e. The SMILES string of the molecule is C=CC(=O)N1CCN(c2nc(OCC3(CN4CCCC4)CC3)nc3c2CCN(c2cccc(F)c2C(F)(F)F)C3)CC1. The molecule has 4 aliphatic rings. The molecule has 0 spiro atoms. The van der Waals surface area contributed by atoms with Gasteiger partial charge in [0.05, 0.1) is 24.5 Å². The van der Waals surface area contributed by atoms with E-state index in [0.717, 1.165) is 44.1 Å². The molecule has 3 aliphatic heterocycles. The van der Waals surface area contributed by atoms with E-state index in [-0.39, 0.29) is 36.1 Å². The van der Waals surface area contributed by atoms with Gasteiger partial charge < -0.3 is 24.3 Å². The molecule has 1 aliphatic carbocycles. The summed E-state index contributed by atoms with van der Waals surface area (Å²) in [5, 5.41) is 0. The van der Waals surface area contributed by atoms with Crippen molar-refractivity contribution >= 4 is 17.4 Å². The number of alkyl halides is 3. The predicted molar refractivity (Wildman–Crippen MR) is 150 cm³/mol. The number of amides is 1. The normalized spacial score (nSPS) is 20.4. The van der Waals surface area contributed by atoms with Crippen molar-refractivity contribution in [3.8, 4) is 6.01 Å². The Balaban J connectivity index is 1.27. The van der Waals surface area contributed by atoms with E-state index >= 15 is 0 Å². The van der Waals surface area contributed by atoms with Gasteiger partial charge in [0.1, 0.15) is 17.2 Å². The highest BCUT2D eigenvalue weighted by Gasteiger charge is 2.45. The van der Waals surface area contributed by atoms with Crippen molar-refractivity contribution in [3.63, 3.8) is 0 Å². The molecule has 8 nitrogen and oxygen atoms in total. The van der Waals surface area contributed by atoms with Crippen LogP contribution >= 0.6 is 0 Å². The maximum atomic E-state index is 14.4. The molecule has 0 radical (unpaired) electrons. The summed E-state index contributed by atoms with van der Waals surface area (Å²) in [6.45, 7) is 9.69. The summed E-state index contributed by atoms with van der Waals surface area (Å²) in [6.07, 6.45) is 1.46. The average molecular weight is 589 g/mol. The molecule has 2 aromatic rings. The third-order valence-electron chi connectivity index (χ3n) is 8.93. The van der Waals surface area contributed by atoms with E-state index in [9.17, 15) is 22.4 Å². The Morgan fingerprint density at radius 3 is 2.43 bits per heavy atom. The van der Waals surface area contributed by atoms with Crippen molar-refractivity contribution in [2.45, 2.75) is 44.8 Å². The molecule has 2 saturated heterocycles. The zero-order valence-corrected chi connectivity index (χ0v) is 23.6. The fourth-order valence-electron chi connectivity index (χ4n) is 6.40. The Morgan fingerprint density at radius 2 is 1.76 bits per heavy atom. The molecule has 4 heterocycles. The fourth-order valence-corrected chi connectivity index (χ4v) is 6.40. The molecule has 1 aromatic heterocycles. The molecule has 0 bridgehead atoms. The van der Waals surface area contributed by atoms with Crippen molar-refractivity contribution < 1.29 is 27.1 Å². The summed E-state index contributed by atoms with van der Waals surface area (Å²) in [6, 6.07) is 3.65. The van der Waals surface area contributed by atoms with Gasteiger partial charge in [0.2, 0.25) is 5.91 Å². The zero-order valence-electron chi connectivity index (χ0n) is 23.6. The van der Waals surface area contributed by atoms with Gasteiger partial charge >= 0.3 is 12.2 Å². The van der Waals surface area contributed by atoms with Gasteiger partial charge in [-0.1, -0.05) is 12.6 Å². The second-order valence-corrected chi connectivity index (χ2v) is 11.8. The molecular weight excluding hydrogens is 552 g/mol. The van der Waals surface area contributed by atoms with Gasteiger partial charge in [-0.3, -0.25) is 4.79 Å². The van der Waals surface area contributed by atoms with Crippen LogP contribution in [0.5, 0.6) is 6.01 Å². The van der Waals surface area contributed by atoms with E-state index in [2.05, 4.69) is 16.4 Å². The highest BCUT2D eigenvalue weighted by atomic mass is 19.4. The third-order valence-corrected chi connectivity index (χ3v) is 8.93. The van der Waals surface area contributed by atoms with Gasteiger partial charge in [-0.2, -0.15) is 23.1 Å². The Bertz CT molecular complexity index is 1330. The number of ether oxygens (including phenoxy) is 1. The number of aromatic nitrogens is 2. The van der Waals surface area contributed by atoms with Crippen LogP contribution < -0.4 is 14.5 Å². The Kier molecular flexibility index (Phi) is 7.75. The number of benzene rings is 1. The lowest BCUT2D eigenvalue weighted by Crippen LogP contribution is -2.49. The van der Waals surface area contributed by atoms with Crippen LogP contribution in [0.1, 0.15) is 42.5 Å². The predicted octanol–water partition coefficient (Wildman–Crippen LogP) is 4.29. The summed E-state index contributed by atoms with van der Waals surface area (Å²) < 4.78 is 62.2. The van der Waals surface area contributed by atoms with Gasteiger partial charge in [-0.15, -0.1) is 0 Å². The van der Waals surface area contributed by atoms with Crippen molar-refractivity contribution in [1.29, 1.82) is 0 Å². The first kappa shape index (κ1) is 28.7. The molecule has 3 fully saturated rings. The maximum absolute atomic E-state index is 14.4. The van der Waals surface area contributed by atoms with Gasteiger partial charge in [-0.05, 0) is 63.4 Å². The van der Waals surface area contributed by atoms with Gasteiger partial charge in [0.15, 0.2) is 0 Å². The minimum absolute atomic E-state index is 0.0710. The molecule has 1 saturated carbocycles. The Labute approximate surface area is 242 Å². The van der Waals surface area contributed by atoms with Gasteiger partial charge in [-0.25, -0.2) is 4.39 Å². The molecule has 0 N–H and O–H groups in total. The van der Waals surface area contributed by atoms with Crippen LogP contribution in [-0.4, -0.2) is 84.6 Å². The number of carbonyl (C=O) groups excluding carboxylic acids is 1. The fraction of sp³-hybridized carbons (Fsp3) is 0.567. The number of piperazine rings is 1. The van der Waals surface area contributed by atoms with Gasteiger partial charge in [0, 0.05) is 50.2 Å². The van der Waals surface area contributed by atoms with Crippen LogP contribution in [0.3, 0.4) is 0 Å². The first-order valence-corrected chi connectivity index (χ1v) is 14.7. The van der Waals surface area contributed by atoms with Crippen molar-refractivity contribution in [2.75, 3.05) is 68.8 Å². The lowest BCUT2D eigenvalue weighted by molar-refractivity contribution is -0.139. The van der Waals surface area contributed by atoms with Crippen molar-refractivity contribution in [2.24, 2.45) is 5.41 Å². The molecule has 12 heteroatoms. The largest absolute Gasteiger partial charge is 0.463 e. The lowest BCUT2D eigenvalue weighted by atomic mass is 10.0.